The minimum atomic E-state index is -0.245. The molecular weight excluding hydrogens is 294 g/mol. The Morgan fingerprint density at radius 1 is 1.48 bits per heavy atom. The van der Waals surface area contributed by atoms with Crippen molar-refractivity contribution < 1.29 is 4.79 Å². The van der Waals surface area contributed by atoms with Crippen LogP contribution in [0.25, 0.3) is 0 Å². The third-order valence-corrected chi connectivity index (χ3v) is 4.22. The number of amides is 1. The summed E-state index contributed by atoms with van der Waals surface area (Å²) in [6, 6.07) is -0.0969. The molecule has 2 heterocycles. The third kappa shape index (κ3) is 3.33. The summed E-state index contributed by atoms with van der Waals surface area (Å²) >= 11 is 0. The molecular formula is C16H21N5O2. The number of aromatic nitrogens is 4. The van der Waals surface area contributed by atoms with E-state index in [1.165, 1.54) is 0 Å². The van der Waals surface area contributed by atoms with Gasteiger partial charge in [0.05, 0.1) is 12.5 Å². The highest BCUT2D eigenvalue weighted by molar-refractivity contribution is 5.79. The first kappa shape index (κ1) is 15.5. The third-order valence-electron chi connectivity index (χ3n) is 4.22. The van der Waals surface area contributed by atoms with Crippen molar-refractivity contribution in [3.8, 4) is 0 Å². The molecule has 1 atom stereocenters. The van der Waals surface area contributed by atoms with E-state index in [2.05, 4.69) is 20.3 Å². The molecule has 7 heteroatoms. The number of hydrogen-bond donors (Lipinski definition) is 2. The molecule has 23 heavy (non-hydrogen) atoms. The maximum Gasteiger partial charge on any atom is 0.254 e. The van der Waals surface area contributed by atoms with Gasteiger partial charge in [-0.05, 0) is 32.6 Å². The van der Waals surface area contributed by atoms with Crippen LogP contribution in [-0.2, 0) is 18.3 Å². The van der Waals surface area contributed by atoms with E-state index in [0.717, 1.165) is 18.7 Å². The maximum atomic E-state index is 12.4. The van der Waals surface area contributed by atoms with Gasteiger partial charge in [0.2, 0.25) is 5.91 Å². The molecule has 0 radical (unpaired) electrons. The van der Waals surface area contributed by atoms with Crippen molar-refractivity contribution in [3.05, 3.63) is 45.7 Å². The number of hydrogen-bond acceptors (Lipinski definition) is 4. The molecule has 0 spiro atoms. The number of nitrogens with one attached hydrogen (secondary N) is 2. The van der Waals surface area contributed by atoms with Gasteiger partial charge in [-0.2, -0.15) is 0 Å². The van der Waals surface area contributed by atoms with Gasteiger partial charge in [0.25, 0.3) is 5.56 Å². The Hall–Kier alpha value is -2.44. The highest BCUT2D eigenvalue weighted by Crippen LogP contribution is 2.40. The van der Waals surface area contributed by atoms with Crippen LogP contribution in [0.4, 0.5) is 0 Å². The first-order valence-electron chi connectivity index (χ1n) is 7.78. The number of carbonyl (C=O) groups is 1. The molecule has 2 aromatic rings. The van der Waals surface area contributed by atoms with Crippen LogP contribution < -0.4 is 10.9 Å². The molecule has 0 bridgehead atoms. The van der Waals surface area contributed by atoms with Gasteiger partial charge in [-0.1, -0.05) is 0 Å². The lowest BCUT2D eigenvalue weighted by Gasteiger charge is -2.18. The zero-order chi connectivity index (χ0) is 16.6. The van der Waals surface area contributed by atoms with E-state index >= 15 is 0 Å². The van der Waals surface area contributed by atoms with Crippen molar-refractivity contribution >= 4 is 5.91 Å². The Balaban J connectivity index is 1.76. The van der Waals surface area contributed by atoms with Crippen LogP contribution in [0.1, 0.15) is 41.8 Å². The number of nitrogens with zero attached hydrogens (tertiary/aromatic N) is 3. The average Bonchev–Trinajstić information content (AvgIpc) is 3.22. The molecule has 1 aliphatic rings. The van der Waals surface area contributed by atoms with Crippen LogP contribution in [0.5, 0.6) is 0 Å². The standard InChI is InChI=1S/C16H21N5O2/c1-9-12(16(23)19-10(2)18-9)8-13(22)20-14(11-4-5-11)15-17-6-7-21(15)3/h6-7,11,14H,4-5,8H2,1-3H3,(H,20,22)(H,18,19,23)/t14-/m1/s1. The number of aryl methyl sites for hydroxylation is 3. The van der Waals surface area contributed by atoms with E-state index in [-0.39, 0.29) is 23.9 Å². The maximum absolute atomic E-state index is 12.4. The van der Waals surface area contributed by atoms with Crippen LogP contribution in [0.15, 0.2) is 17.2 Å². The quantitative estimate of drug-likeness (QED) is 0.858. The fourth-order valence-electron chi connectivity index (χ4n) is 2.84. The van der Waals surface area contributed by atoms with Gasteiger partial charge in [0, 0.05) is 30.7 Å². The van der Waals surface area contributed by atoms with E-state index in [1.54, 1.807) is 20.0 Å². The smallest absolute Gasteiger partial charge is 0.254 e. The van der Waals surface area contributed by atoms with Gasteiger partial charge in [-0.25, -0.2) is 9.97 Å². The summed E-state index contributed by atoms with van der Waals surface area (Å²) in [6.07, 6.45) is 5.81. The monoisotopic (exact) mass is 315 g/mol. The predicted molar refractivity (Wildman–Crippen MR) is 84.9 cm³/mol. The summed E-state index contributed by atoms with van der Waals surface area (Å²) in [5, 5.41) is 3.04. The summed E-state index contributed by atoms with van der Waals surface area (Å²) in [6.45, 7) is 3.48. The van der Waals surface area contributed by atoms with Crippen LogP contribution in [-0.4, -0.2) is 25.4 Å². The summed E-state index contributed by atoms with van der Waals surface area (Å²) in [4.78, 5) is 35.7. The van der Waals surface area contributed by atoms with Crippen molar-refractivity contribution in [3.63, 3.8) is 0 Å². The van der Waals surface area contributed by atoms with Crippen LogP contribution in [0.2, 0.25) is 0 Å². The van der Waals surface area contributed by atoms with Crippen molar-refractivity contribution in [2.45, 2.75) is 39.2 Å². The topological polar surface area (TPSA) is 92.7 Å². The number of H-pyrrole nitrogens is 1. The van der Waals surface area contributed by atoms with Gasteiger partial charge in [0.1, 0.15) is 11.6 Å². The summed E-state index contributed by atoms with van der Waals surface area (Å²) in [5.74, 6) is 1.66. The first-order chi connectivity index (χ1) is 11.0. The second kappa shape index (κ2) is 5.98. The number of carbonyl (C=O) groups excluding carboxylic acids is 1. The summed E-state index contributed by atoms with van der Waals surface area (Å²) in [5.41, 5.74) is 0.772. The van der Waals surface area contributed by atoms with Gasteiger partial charge in [0.15, 0.2) is 0 Å². The molecule has 0 saturated heterocycles. The van der Waals surface area contributed by atoms with Gasteiger partial charge in [-0.15, -0.1) is 0 Å². The predicted octanol–water partition coefficient (Wildman–Crippen LogP) is 0.930. The molecule has 7 nitrogen and oxygen atoms in total. The Morgan fingerprint density at radius 2 is 2.22 bits per heavy atom. The normalized spacial score (nSPS) is 15.4. The second-order valence-corrected chi connectivity index (χ2v) is 6.17. The molecule has 1 saturated carbocycles. The first-order valence-corrected chi connectivity index (χ1v) is 7.78. The molecule has 0 aromatic carbocycles. The van der Waals surface area contributed by atoms with E-state index in [9.17, 15) is 9.59 Å². The van der Waals surface area contributed by atoms with E-state index < -0.39 is 0 Å². The number of aromatic amines is 1. The Labute approximate surface area is 134 Å². The van der Waals surface area contributed by atoms with Crippen LogP contribution >= 0.6 is 0 Å². The number of rotatable bonds is 5. The second-order valence-electron chi connectivity index (χ2n) is 6.17. The Morgan fingerprint density at radius 3 is 2.78 bits per heavy atom. The molecule has 1 amide bonds. The highest BCUT2D eigenvalue weighted by Gasteiger charge is 2.35. The molecule has 122 valence electrons. The summed E-state index contributed by atoms with van der Waals surface area (Å²) < 4.78 is 1.93. The van der Waals surface area contributed by atoms with Gasteiger partial charge >= 0.3 is 0 Å². The van der Waals surface area contributed by atoms with Crippen LogP contribution in [0, 0.1) is 19.8 Å². The zero-order valence-electron chi connectivity index (χ0n) is 13.6. The molecule has 0 unspecified atom stereocenters. The molecule has 3 rings (SSSR count). The van der Waals surface area contributed by atoms with E-state index in [1.807, 2.05) is 17.8 Å². The highest BCUT2D eigenvalue weighted by atomic mass is 16.2. The minimum absolute atomic E-state index is 0.0299. The van der Waals surface area contributed by atoms with Gasteiger partial charge in [-0.3, -0.25) is 9.59 Å². The SMILES string of the molecule is Cc1nc(C)c(CC(=O)N[C@@H](c2nccn2C)C2CC2)c(=O)[nH]1. The van der Waals surface area contributed by atoms with E-state index in [0.29, 0.717) is 23.0 Å². The summed E-state index contributed by atoms with van der Waals surface area (Å²) in [7, 11) is 1.92. The lowest BCUT2D eigenvalue weighted by Crippen LogP contribution is -2.34. The fourth-order valence-corrected chi connectivity index (χ4v) is 2.84. The van der Waals surface area contributed by atoms with Crippen molar-refractivity contribution in [2.75, 3.05) is 0 Å². The fraction of sp³-hybridized carbons (Fsp3) is 0.500. The van der Waals surface area contributed by atoms with Gasteiger partial charge < -0.3 is 14.9 Å². The zero-order valence-corrected chi connectivity index (χ0v) is 13.6. The van der Waals surface area contributed by atoms with E-state index in [4.69, 9.17) is 0 Å². The minimum Gasteiger partial charge on any atom is -0.346 e. The molecule has 2 aromatic heterocycles. The molecule has 1 fully saturated rings. The lowest BCUT2D eigenvalue weighted by atomic mass is 10.1. The lowest BCUT2D eigenvalue weighted by molar-refractivity contribution is -0.121. The molecule has 1 aliphatic carbocycles. The Bertz CT molecular complexity index is 788. The Kier molecular flexibility index (Phi) is 4.02. The number of imidazole rings is 1. The van der Waals surface area contributed by atoms with Crippen LogP contribution in [0.3, 0.4) is 0 Å². The molecule has 0 aliphatic heterocycles. The van der Waals surface area contributed by atoms with Crippen molar-refractivity contribution in [1.82, 2.24) is 24.8 Å². The van der Waals surface area contributed by atoms with Crippen molar-refractivity contribution in [1.29, 1.82) is 0 Å². The largest absolute Gasteiger partial charge is 0.346 e. The molecule has 2 N–H and O–H groups in total. The average molecular weight is 315 g/mol. The van der Waals surface area contributed by atoms with Crippen molar-refractivity contribution in [2.24, 2.45) is 13.0 Å².